The van der Waals surface area contributed by atoms with E-state index >= 15 is 0 Å². The first kappa shape index (κ1) is 35.4. The molecule has 0 saturated heterocycles. The van der Waals surface area contributed by atoms with Crippen LogP contribution in [-0.2, 0) is 41.9 Å². The van der Waals surface area contributed by atoms with Crippen LogP contribution in [0, 0.1) is 0 Å². The summed E-state index contributed by atoms with van der Waals surface area (Å²) in [5.41, 5.74) is -1.83. The second-order valence-corrected chi connectivity index (χ2v) is 15.7. The summed E-state index contributed by atoms with van der Waals surface area (Å²) in [5.74, 6) is 0.217. The van der Waals surface area contributed by atoms with Crippen molar-refractivity contribution in [2.45, 2.75) is 97.1 Å². The lowest BCUT2D eigenvalue weighted by molar-refractivity contribution is -0.139. The van der Waals surface area contributed by atoms with E-state index in [1.807, 2.05) is 12.1 Å². The van der Waals surface area contributed by atoms with Crippen LogP contribution in [-0.4, -0.2) is 42.5 Å². The number of hydrogen-bond acceptors (Lipinski definition) is 8. The summed E-state index contributed by atoms with van der Waals surface area (Å²) in [6, 6.07) is 12.2. The van der Waals surface area contributed by atoms with Crippen LogP contribution in [0.5, 0.6) is 5.75 Å². The summed E-state index contributed by atoms with van der Waals surface area (Å²) in [5, 5.41) is 3.26. The molecule has 0 fully saturated rings. The number of rotatable bonds is 13. The minimum Gasteiger partial charge on any atom is -0.493 e. The van der Waals surface area contributed by atoms with Gasteiger partial charge in [0.15, 0.2) is 5.90 Å². The molecule has 0 N–H and O–H groups in total. The number of halogens is 3. The summed E-state index contributed by atoms with van der Waals surface area (Å²) in [6.07, 6.45) is -2.78. The minimum atomic E-state index is -4.60. The lowest BCUT2D eigenvalue weighted by Gasteiger charge is -2.33. The molecule has 2 aromatic carbocycles. The van der Waals surface area contributed by atoms with Crippen molar-refractivity contribution < 1.29 is 40.8 Å². The molecule has 1 unspecified atom stereocenters. The fourth-order valence-electron chi connectivity index (χ4n) is 4.98. The summed E-state index contributed by atoms with van der Waals surface area (Å²) in [7, 11) is -4.04. The van der Waals surface area contributed by atoms with Crippen LogP contribution >= 0.6 is 19.2 Å². The number of aliphatic imine (C=N–C) groups is 1. The summed E-state index contributed by atoms with van der Waals surface area (Å²) < 4.78 is 85.8. The molecule has 248 valence electrons. The molecule has 45 heavy (non-hydrogen) atoms. The standard InChI is InChI=1S/C33H43F3NO6PS/c1-23-37-32(21-40-23,22-41-44(38,42-30(2,3)4)43-31(5,6)7)17-16-24-14-15-28(27(19-24)33(34,35)36)39-18-10-11-25-20-45-29-13-9-8-12-26(25)29/h8-9,12-15,19-20H,10-11,16-18,21-22H2,1-7H3. The molecule has 1 aliphatic heterocycles. The van der Waals surface area contributed by atoms with E-state index in [4.69, 9.17) is 23.0 Å². The number of fused-ring (bicyclic) bond motifs is 1. The Morgan fingerprint density at radius 2 is 1.69 bits per heavy atom. The van der Waals surface area contributed by atoms with E-state index in [9.17, 15) is 17.7 Å². The zero-order valence-electron chi connectivity index (χ0n) is 27.0. The molecule has 3 aromatic rings. The largest absolute Gasteiger partial charge is 0.493 e. The van der Waals surface area contributed by atoms with Crippen molar-refractivity contribution in [1.29, 1.82) is 0 Å². The Morgan fingerprint density at radius 1 is 1.00 bits per heavy atom. The van der Waals surface area contributed by atoms with Gasteiger partial charge in [0.05, 0.1) is 30.0 Å². The zero-order valence-corrected chi connectivity index (χ0v) is 28.7. The van der Waals surface area contributed by atoms with Gasteiger partial charge in [-0.15, -0.1) is 11.3 Å². The van der Waals surface area contributed by atoms with Crippen molar-refractivity contribution in [3.8, 4) is 5.75 Å². The van der Waals surface area contributed by atoms with E-state index in [0.29, 0.717) is 24.3 Å². The van der Waals surface area contributed by atoms with Crippen LogP contribution in [0.15, 0.2) is 52.8 Å². The number of phosphoric ester groups is 1. The van der Waals surface area contributed by atoms with Gasteiger partial charge in [0.25, 0.3) is 0 Å². The van der Waals surface area contributed by atoms with E-state index in [1.54, 1.807) is 65.9 Å². The predicted molar refractivity (Wildman–Crippen MR) is 172 cm³/mol. The van der Waals surface area contributed by atoms with Gasteiger partial charge in [0.1, 0.15) is 17.9 Å². The minimum absolute atomic E-state index is 0.122. The molecular weight excluding hydrogens is 626 g/mol. The third kappa shape index (κ3) is 10.3. The number of alkyl halides is 3. The Hall–Kier alpha value is -2.43. The molecule has 1 atom stereocenters. The molecule has 0 amide bonds. The summed E-state index contributed by atoms with van der Waals surface area (Å²) in [6.45, 7) is 12.2. The van der Waals surface area contributed by atoms with Gasteiger partial charge in [-0.1, -0.05) is 24.3 Å². The van der Waals surface area contributed by atoms with Crippen molar-refractivity contribution in [1.82, 2.24) is 0 Å². The van der Waals surface area contributed by atoms with Crippen molar-refractivity contribution in [2.75, 3.05) is 19.8 Å². The van der Waals surface area contributed by atoms with Gasteiger partial charge in [0.2, 0.25) is 0 Å². The highest BCUT2D eigenvalue weighted by Gasteiger charge is 2.43. The Morgan fingerprint density at radius 3 is 2.31 bits per heavy atom. The average Bonchev–Trinajstić information content (AvgIpc) is 3.50. The maximum atomic E-state index is 14.1. The first-order valence-electron chi connectivity index (χ1n) is 15.0. The highest BCUT2D eigenvalue weighted by Crippen LogP contribution is 2.56. The number of benzene rings is 2. The Bertz CT molecular complexity index is 1520. The van der Waals surface area contributed by atoms with Crippen LogP contribution in [0.25, 0.3) is 10.1 Å². The van der Waals surface area contributed by atoms with E-state index in [0.717, 1.165) is 6.07 Å². The molecule has 0 saturated carbocycles. The maximum absolute atomic E-state index is 14.1. The van der Waals surface area contributed by atoms with Crippen LogP contribution in [0.1, 0.15) is 78.0 Å². The second kappa shape index (κ2) is 13.7. The summed E-state index contributed by atoms with van der Waals surface area (Å²) in [4.78, 5) is 4.60. The first-order chi connectivity index (χ1) is 20.9. The molecule has 0 bridgehead atoms. The Kier molecular flexibility index (Phi) is 10.8. The molecule has 2 heterocycles. The van der Waals surface area contributed by atoms with Crippen LogP contribution < -0.4 is 4.74 Å². The van der Waals surface area contributed by atoms with Gasteiger partial charge in [0, 0.05) is 11.6 Å². The first-order valence-corrected chi connectivity index (χ1v) is 17.3. The third-order valence-corrected chi connectivity index (χ3v) is 9.84. The molecule has 12 heteroatoms. The van der Waals surface area contributed by atoms with Crippen molar-refractivity contribution in [3.05, 3.63) is 64.5 Å². The van der Waals surface area contributed by atoms with Crippen LogP contribution in [0.3, 0.4) is 0 Å². The van der Waals surface area contributed by atoms with Gasteiger partial charge < -0.3 is 9.47 Å². The van der Waals surface area contributed by atoms with Crippen LogP contribution in [0.2, 0.25) is 0 Å². The lowest BCUT2D eigenvalue weighted by Crippen LogP contribution is -2.36. The molecule has 7 nitrogen and oxygen atoms in total. The quantitative estimate of drug-likeness (QED) is 0.133. The number of nitrogens with zero attached hydrogens (tertiary/aromatic N) is 1. The number of thiophene rings is 1. The van der Waals surface area contributed by atoms with Gasteiger partial charge in [-0.3, -0.25) is 13.6 Å². The third-order valence-electron chi connectivity index (χ3n) is 6.84. The Balaban J connectivity index is 1.43. The lowest BCUT2D eigenvalue weighted by atomic mass is 9.93. The number of phosphoric acid groups is 1. The fraction of sp³-hybridized carbons (Fsp3) is 0.545. The average molecular weight is 670 g/mol. The van der Waals surface area contributed by atoms with E-state index in [1.165, 1.54) is 21.7 Å². The van der Waals surface area contributed by atoms with Gasteiger partial charge in [-0.05, 0) is 107 Å². The number of hydrogen-bond donors (Lipinski definition) is 0. The SMILES string of the molecule is CC1=NC(CCc2ccc(OCCCc3csc4ccccc34)c(C(F)(F)F)c2)(COP(=O)(OC(C)(C)C)OC(C)(C)C)CO1. The predicted octanol–water partition coefficient (Wildman–Crippen LogP) is 9.81. The smallest absolute Gasteiger partial charge is 0.475 e. The van der Waals surface area contributed by atoms with Gasteiger partial charge in [-0.2, -0.15) is 13.2 Å². The van der Waals surface area contributed by atoms with Gasteiger partial charge >= 0.3 is 14.0 Å². The molecule has 4 rings (SSSR count). The topological polar surface area (TPSA) is 75.6 Å². The number of aryl methyl sites for hydroxylation is 2. The van der Waals surface area contributed by atoms with E-state index in [2.05, 4.69) is 22.5 Å². The molecule has 0 radical (unpaired) electrons. The van der Waals surface area contributed by atoms with Gasteiger partial charge in [-0.25, -0.2) is 9.56 Å². The highest BCUT2D eigenvalue weighted by atomic mass is 32.1. The Labute approximate surface area is 267 Å². The summed E-state index contributed by atoms with van der Waals surface area (Å²) >= 11 is 1.66. The van der Waals surface area contributed by atoms with Crippen molar-refractivity contribution in [3.63, 3.8) is 0 Å². The monoisotopic (exact) mass is 669 g/mol. The van der Waals surface area contributed by atoms with Crippen LogP contribution in [0.4, 0.5) is 13.2 Å². The molecular formula is C33H43F3NO6PS. The normalized spacial score (nSPS) is 17.9. The molecule has 0 spiro atoms. The highest BCUT2D eigenvalue weighted by molar-refractivity contribution is 7.48. The zero-order chi connectivity index (χ0) is 33.1. The molecule has 0 aliphatic carbocycles. The molecule has 1 aliphatic rings. The van der Waals surface area contributed by atoms with Crippen molar-refractivity contribution >= 4 is 35.1 Å². The second-order valence-electron chi connectivity index (χ2n) is 13.3. The molecule has 1 aromatic heterocycles. The maximum Gasteiger partial charge on any atom is 0.475 e. The van der Waals surface area contributed by atoms with E-state index < -0.39 is 36.3 Å². The van der Waals surface area contributed by atoms with Crippen molar-refractivity contribution in [2.24, 2.45) is 4.99 Å². The number of ether oxygens (including phenoxy) is 2. The fourth-order valence-corrected chi connectivity index (χ4v) is 7.86. The van der Waals surface area contributed by atoms with E-state index in [-0.39, 0.29) is 38.4 Å².